The number of rotatable bonds is 3. The van der Waals surface area contributed by atoms with Gasteiger partial charge in [0.15, 0.2) is 6.29 Å². The topological polar surface area (TPSA) is 39.2 Å². The Kier molecular flexibility index (Phi) is 2.78. The summed E-state index contributed by atoms with van der Waals surface area (Å²) in [5.41, 5.74) is 1.51. The summed E-state index contributed by atoms with van der Waals surface area (Å²) in [5, 5.41) is 0. The van der Waals surface area contributed by atoms with Gasteiger partial charge in [-0.05, 0) is 23.7 Å². The Morgan fingerprint density at radius 1 is 1.40 bits per heavy atom. The number of hydrogen-bond acceptors (Lipinski definition) is 4. The second-order valence-electron chi connectivity index (χ2n) is 2.93. The Balaban J connectivity index is 2.58. The number of carbonyl (C=O) groups is 1. The molecule has 0 saturated heterocycles. The molecule has 1 aromatic heterocycles. The van der Waals surface area contributed by atoms with Crippen molar-refractivity contribution in [2.75, 3.05) is 7.11 Å². The molecule has 2 aromatic rings. The van der Waals surface area contributed by atoms with E-state index in [9.17, 15) is 4.79 Å². The predicted molar refractivity (Wildman–Crippen MR) is 59.5 cm³/mol. The number of aldehydes is 1. The molecule has 1 aromatic carbocycles. The Labute approximate surface area is 91.5 Å². The molecule has 0 amide bonds. The zero-order chi connectivity index (χ0) is 10.7. The van der Waals surface area contributed by atoms with E-state index in [-0.39, 0.29) is 0 Å². The Bertz CT molecular complexity index is 479. The van der Waals surface area contributed by atoms with Gasteiger partial charge in [0, 0.05) is 5.56 Å². The van der Waals surface area contributed by atoms with Crippen molar-refractivity contribution < 1.29 is 9.53 Å². The fourth-order valence-corrected chi connectivity index (χ4v) is 2.11. The lowest BCUT2D eigenvalue weighted by molar-refractivity contribution is 0.112. The minimum absolute atomic E-state index is 0.601. The van der Waals surface area contributed by atoms with Crippen LogP contribution in [-0.4, -0.2) is 17.8 Å². The second-order valence-corrected chi connectivity index (χ2v) is 3.73. The number of ether oxygens (including phenoxy) is 1. The van der Waals surface area contributed by atoms with Gasteiger partial charge in [0.25, 0.3) is 0 Å². The summed E-state index contributed by atoms with van der Waals surface area (Å²) in [4.78, 5) is 11.6. The molecule has 1 heterocycles. The van der Waals surface area contributed by atoms with Crippen molar-refractivity contribution in [1.82, 2.24) is 4.37 Å². The summed E-state index contributed by atoms with van der Waals surface area (Å²) >= 11 is 1.30. The average Bonchev–Trinajstić information content (AvgIpc) is 2.76. The van der Waals surface area contributed by atoms with E-state index >= 15 is 0 Å². The van der Waals surface area contributed by atoms with Crippen LogP contribution in [0.5, 0.6) is 5.75 Å². The van der Waals surface area contributed by atoms with Crippen LogP contribution in [0.25, 0.3) is 10.4 Å². The van der Waals surface area contributed by atoms with E-state index in [0.29, 0.717) is 5.56 Å². The molecule has 3 nitrogen and oxygen atoms in total. The number of carbonyl (C=O) groups excluding carboxylic acids is 1. The lowest BCUT2D eigenvalue weighted by Gasteiger charge is -2.05. The summed E-state index contributed by atoms with van der Waals surface area (Å²) in [6.45, 7) is 0. The second kappa shape index (κ2) is 4.23. The Morgan fingerprint density at radius 3 is 2.93 bits per heavy atom. The fraction of sp³-hybridized carbons (Fsp3) is 0.0909. The van der Waals surface area contributed by atoms with Crippen LogP contribution in [0.2, 0.25) is 0 Å². The quantitative estimate of drug-likeness (QED) is 0.745. The van der Waals surface area contributed by atoms with E-state index in [1.807, 2.05) is 24.3 Å². The molecule has 0 aliphatic rings. The van der Waals surface area contributed by atoms with Crippen molar-refractivity contribution >= 4 is 17.8 Å². The SMILES string of the molecule is COc1ccccc1-c1sncc1C=O. The van der Waals surface area contributed by atoms with Crippen molar-refractivity contribution in [3.8, 4) is 16.2 Å². The van der Waals surface area contributed by atoms with E-state index in [2.05, 4.69) is 4.37 Å². The fourth-order valence-electron chi connectivity index (χ4n) is 1.37. The van der Waals surface area contributed by atoms with E-state index in [1.54, 1.807) is 13.3 Å². The molecule has 76 valence electrons. The molecule has 0 N–H and O–H groups in total. The number of benzene rings is 1. The molecule has 0 unspecified atom stereocenters. The van der Waals surface area contributed by atoms with Gasteiger partial charge in [0.2, 0.25) is 0 Å². The monoisotopic (exact) mass is 219 g/mol. The van der Waals surface area contributed by atoms with Crippen molar-refractivity contribution in [3.05, 3.63) is 36.0 Å². The molecule has 0 aliphatic carbocycles. The highest BCUT2D eigenvalue weighted by molar-refractivity contribution is 7.10. The maximum absolute atomic E-state index is 10.8. The summed E-state index contributed by atoms with van der Waals surface area (Å²) in [7, 11) is 1.61. The molecule has 0 aliphatic heterocycles. The molecule has 0 fully saturated rings. The number of methoxy groups -OCH3 is 1. The lowest BCUT2D eigenvalue weighted by atomic mass is 10.1. The molecule has 0 radical (unpaired) electrons. The van der Waals surface area contributed by atoms with Crippen LogP contribution in [0, 0.1) is 0 Å². The standard InChI is InChI=1S/C11H9NO2S/c1-14-10-5-3-2-4-9(10)11-8(7-13)6-12-15-11/h2-7H,1H3. The van der Waals surface area contributed by atoms with Crippen LogP contribution in [0.15, 0.2) is 30.5 Å². The highest BCUT2D eigenvalue weighted by atomic mass is 32.1. The van der Waals surface area contributed by atoms with Gasteiger partial charge in [-0.3, -0.25) is 4.79 Å². The molecule has 0 saturated carbocycles. The molecule has 0 bridgehead atoms. The number of para-hydroxylation sites is 1. The van der Waals surface area contributed by atoms with Crippen molar-refractivity contribution in [2.24, 2.45) is 0 Å². The van der Waals surface area contributed by atoms with Gasteiger partial charge in [-0.15, -0.1) is 0 Å². The first kappa shape index (κ1) is 9.86. The Hall–Kier alpha value is -1.68. The van der Waals surface area contributed by atoms with Gasteiger partial charge in [-0.2, -0.15) is 4.37 Å². The van der Waals surface area contributed by atoms with Crippen LogP contribution >= 0.6 is 11.5 Å². The van der Waals surface area contributed by atoms with Gasteiger partial charge in [0.05, 0.1) is 23.7 Å². The van der Waals surface area contributed by atoms with Crippen LogP contribution in [0.1, 0.15) is 10.4 Å². The molecule has 2 rings (SSSR count). The van der Waals surface area contributed by atoms with E-state index in [1.165, 1.54) is 11.5 Å². The highest BCUT2D eigenvalue weighted by Crippen LogP contribution is 2.33. The summed E-state index contributed by atoms with van der Waals surface area (Å²) in [6.07, 6.45) is 2.38. The first-order valence-corrected chi connectivity index (χ1v) is 5.17. The molecular weight excluding hydrogens is 210 g/mol. The smallest absolute Gasteiger partial charge is 0.153 e. The maximum Gasteiger partial charge on any atom is 0.153 e. The normalized spacial score (nSPS) is 9.93. The van der Waals surface area contributed by atoms with Crippen LogP contribution in [0.3, 0.4) is 0 Å². The zero-order valence-electron chi connectivity index (χ0n) is 8.14. The molecule has 0 atom stereocenters. The Morgan fingerprint density at radius 2 is 2.20 bits per heavy atom. The van der Waals surface area contributed by atoms with Crippen molar-refractivity contribution in [2.45, 2.75) is 0 Å². The van der Waals surface area contributed by atoms with Gasteiger partial charge < -0.3 is 4.74 Å². The van der Waals surface area contributed by atoms with Crippen LogP contribution in [0.4, 0.5) is 0 Å². The maximum atomic E-state index is 10.8. The third-order valence-corrected chi connectivity index (χ3v) is 2.93. The highest BCUT2D eigenvalue weighted by Gasteiger charge is 2.11. The minimum Gasteiger partial charge on any atom is -0.496 e. The zero-order valence-corrected chi connectivity index (χ0v) is 8.95. The largest absolute Gasteiger partial charge is 0.496 e. The van der Waals surface area contributed by atoms with Gasteiger partial charge in [-0.25, -0.2) is 0 Å². The third kappa shape index (κ3) is 1.76. The average molecular weight is 219 g/mol. The lowest BCUT2D eigenvalue weighted by Crippen LogP contribution is -1.87. The molecular formula is C11H9NO2S. The van der Waals surface area contributed by atoms with E-state index < -0.39 is 0 Å². The number of nitrogens with zero attached hydrogens (tertiary/aromatic N) is 1. The van der Waals surface area contributed by atoms with Gasteiger partial charge >= 0.3 is 0 Å². The number of aromatic nitrogens is 1. The van der Waals surface area contributed by atoms with E-state index in [4.69, 9.17) is 4.74 Å². The summed E-state index contributed by atoms with van der Waals surface area (Å²) in [6, 6.07) is 7.58. The summed E-state index contributed by atoms with van der Waals surface area (Å²) in [5.74, 6) is 0.754. The van der Waals surface area contributed by atoms with Crippen molar-refractivity contribution in [3.63, 3.8) is 0 Å². The van der Waals surface area contributed by atoms with Crippen LogP contribution in [-0.2, 0) is 0 Å². The molecule has 0 spiro atoms. The van der Waals surface area contributed by atoms with Gasteiger partial charge in [0.1, 0.15) is 5.75 Å². The third-order valence-electron chi connectivity index (χ3n) is 2.08. The minimum atomic E-state index is 0.601. The van der Waals surface area contributed by atoms with E-state index in [0.717, 1.165) is 22.5 Å². The van der Waals surface area contributed by atoms with Gasteiger partial charge in [-0.1, -0.05) is 12.1 Å². The first-order valence-electron chi connectivity index (χ1n) is 4.40. The van der Waals surface area contributed by atoms with Crippen LogP contribution < -0.4 is 4.74 Å². The summed E-state index contributed by atoms with van der Waals surface area (Å²) < 4.78 is 9.23. The predicted octanol–water partition coefficient (Wildman–Crippen LogP) is 2.63. The molecule has 4 heteroatoms. The number of hydrogen-bond donors (Lipinski definition) is 0. The van der Waals surface area contributed by atoms with Crippen molar-refractivity contribution in [1.29, 1.82) is 0 Å². The first-order chi connectivity index (χ1) is 7.36. The molecule has 15 heavy (non-hydrogen) atoms.